The second-order valence-corrected chi connectivity index (χ2v) is 8.47. The molecule has 1 fully saturated rings. The summed E-state index contributed by atoms with van der Waals surface area (Å²) < 4.78 is 6.67. The molecule has 3 nitrogen and oxygen atoms in total. The first-order valence-electron chi connectivity index (χ1n) is 8.63. The molecule has 0 radical (unpaired) electrons. The third-order valence-corrected chi connectivity index (χ3v) is 6.24. The van der Waals surface area contributed by atoms with Crippen LogP contribution in [0.2, 0.25) is 5.02 Å². The molecule has 1 amide bonds. The Morgan fingerprint density at radius 3 is 2.57 bits per heavy atom. The molecule has 0 saturated carbocycles. The molecular weight excluding hydrogens is 410 g/mol. The van der Waals surface area contributed by atoms with Crippen molar-refractivity contribution in [3.8, 4) is 5.75 Å². The van der Waals surface area contributed by atoms with E-state index in [-0.39, 0.29) is 5.91 Å². The molecule has 4 rings (SSSR count). The van der Waals surface area contributed by atoms with Gasteiger partial charge in [0.2, 0.25) is 0 Å². The van der Waals surface area contributed by atoms with Crippen molar-refractivity contribution in [3.05, 3.63) is 81.7 Å². The van der Waals surface area contributed by atoms with Crippen molar-refractivity contribution in [2.75, 3.05) is 7.05 Å². The van der Waals surface area contributed by atoms with Gasteiger partial charge < -0.3 is 4.74 Å². The number of benzene rings is 3. The van der Waals surface area contributed by atoms with Gasteiger partial charge in [0.25, 0.3) is 5.91 Å². The van der Waals surface area contributed by atoms with Gasteiger partial charge in [0.1, 0.15) is 16.7 Å². The zero-order valence-corrected chi connectivity index (χ0v) is 17.4. The maximum atomic E-state index is 12.5. The van der Waals surface area contributed by atoms with Crippen molar-refractivity contribution < 1.29 is 9.53 Å². The van der Waals surface area contributed by atoms with Gasteiger partial charge in [0.05, 0.1) is 4.91 Å². The molecule has 0 aliphatic carbocycles. The highest BCUT2D eigenvalue weighted by atomic mass is 35.5. The number of fused-ring (bicyclic) bond motifs is 1. The number of likely N-dealkylation sites (N-methyl/N-ethyl adjacent to an activating group) is 1. The lowest BCUT2D eigenvalue weighted by Gasteiger charge is -2.13. The van der Waals surface area contributed by atoms with Gasteiger partial charge in [-0.2, -0.15) is 0 Å². The summed E-state index contributed by atoms with van der Waals surface area (Å²) >= 11 is 12.5. The predicted octanol–water partition coefficient (Wildman–Crippen LogP) is 5.90. The Kier molecular flexibility index (Phi) is 5.40. The molecule has 6 heteroatoms. The molecule has 1 aliphatic rings. The van der Waals surface area contributed by atoms with E-state index >= 15 is 0 Å². The molecule has 1 aliphatic heterocycles. The number of halogens is 1. The van der Waals surface area contributed by atoms with E-state index in [1.165, 1.54) is 16.7 Å². The topological polar surface area (TPSA) is 29.5 Å². The third kappa shape index (κ3) is 3.78. The van der Waals surface area contributed by atoms with Gasteiger partial charge >= 0.3 is 0 Å². The number of thiocarbonyl (C=S) groups is 1. The molecule has 0 atom stereocenters. The first-order valence-corrected chi connectivity index (χ1v) is 10.2. The van der Waals surface area contributed by atoms with E-state index in [1.807, 2.05) is 66.7 Å². The lowest BCUT2D eigenvalue weighted by Crippen LogP contribution is -2.22. The van der Waals surface area contributed by atoms with E-state index < -0.39 is 0 Å². The Morgan fingerprint density at radius 2 is 1.86 bits per heavy atom. The highest BCUT2D eigenvalue weighted by molar-refractivity contribution is 8.26. The maximum absolute atomic E-state index is 12.5. The van der Waals surface area contributed by atoms with Gasteiger partial charge in [0.15, 0.2) is 0 Å². The fraction of sp³-hybridized carbons (Fsp3) is 0.0909. The van der Waals surface area contributed by atoms with E-state index in [2.05, 4.69) is 0 Å². The number of rotatable bonds is 4. The zero-order valence-electron chi connectivity index (χ0n) is 15.0. The zero-order chi connectivity index (χ0) is 19.7. The van der Waals surface area contributed by atoms with Crippen molar-refractivity contribution in [1.29, 1.82) is 0 Å². The summed E-state index contributed by atoms with van der Waals surface area (Å²) in [6.07, 6.45) is 1.88. The standard InChI is InChI=1S/C22H16ClNO2S2/c1-24-21(25)20(28-22(24)27)12-18-17-5-3-2-4-15(17)8-11-19(18)26-13-14-6-9-16(23)10-7-14/h2-12H,13H2,1H3/b20-12-. The van der Waals surface area contributed by atoms with Gasteiger partial charge in [-0.1, -0.05) is 78.0 Å². The van der Waals surface area contributed by atoms with Crippen LogP contribution < -0.4 is 4.74 Å². The van der Waals surface area contributed by atoms with Crippen LogP contribution in [0, 0.1) is 0 Å². The number of carbonyl (C=O) groups is 1. The Hall–Kier alpha value is -2.34. The van der Waals surface area contributed by atoms with Crippen LogP contribution in [0.4, 0.5) is 0 Å². The number of ether oxygens (including phenoxy) is 1. The molecule has 0 unspecified atom stereocenters. The van der Waals surface area contributed by atoms with E-state index in [0.717, 1.165) is 27.6 Å². The summed E-state index contributed by atoms with van der Waals surface area (Å²) in [5.41, 5.74) is 1.89. The van der Waals surface area contributed by atoms with Crippen LogP contribution in [0.5, 0.6) is 5.75 Å². The first kappa shape index (κ1) is 19.0. The molecule has 28 heavy (non-hydrogen) atoms. The molecule has 1 saturated heterocycles. The summed E-state index contributed by atoms with van der Waals surface area (Å²) in [7, 11) is 1.69. The fourth-order valence-corrected chi connectivity index (χ4v) is 4.26. The van der Waals surface area contributed by atoms with E-state index in [4.69, 9.17) is 28.6 Å². The van der Waals surface area contributed by atoms with Gasteiger partial charge in [-0.05, 0) is 40.6 Å². The summed E-state index contributed by atoms with van der Waals surface area (Å²) in [6.45, 7) is 0.408. The molecule has 0 aromatic heterocycles. The average molecular weight is 426 g/mol. The Morgan fingerprint density at radius 1 is 1.11 bits per heavy atom. The van der Waals surface area contributed by atoms with Crippen LogP contribution >= 0.6 is 35.6 Å². The molecule has 0 spiro atoms. The number of amides is 1. The molecule has 3 aromatic carbocycles. The fourth-order valence-electron chi connectivity index (χ4n) is 2.97. The third-order valence-electron chi connectivity index (χ3n) is 4.50. The Labute approximate surface area is 177 Å². The van der Waals surface area contributed by atoms with Crippen molar-refractivity contribution in [1.82, 2.24) is 4.90 Å². The Bertz CT molecular complexity index is 1110. The quantitative estimate of drug-likeness (QED) is 0.384. The van der Waals surface area contributed by atoms with Crippen molar-refractivity contribution in [2.24, 2.45) is 0 Å². The highest BCUT2D eigenvalue weighted by Gasteiger charge is 2.29. The highest BCUT2D eigenvalue weighted by Crippen LogP contribution is 2.36. The van der Waals surface area contributed by atoms with E-state index in [1.54, 1.807) is 7.05 Å². The summed E-state index contributed by atoms with van der Waals surface area (Å²) in [6, 6.07) is 19.6. The predicted molar refractivity (Wildman–Crippen MR) is 121 cm³/mol. The largest absolute Gasteiger partial charge is 0.488 e. The minimum atomic E-state index is -0.0911. The maximum Gasteiger partial charge on any atom is 0.265 e. The van der Waals surface area contributed by atoms with Gasteiger partial charge in [-0.25, -0.2) is 0 Å². The lowest BCUT2D eigenvalue weighted by molar-refractivity contribution is -0.121. The van der Waals surface area contributed by atoms with Crippen LogP contribution in [0.15, 0.2) is 65.6 Å². The number of hydrogen-bond donors (Lipinski definition) is 0. The van der Waals surface area contributed by atoms with Gasteiger partial charge in [-0.15, -0.1) is 0 Å². The van der Waals surface area contributed by atoms with Crippen LogP contribution in [0.1, 0.15) is 11.1 Å². The average Bonchev–Trinajstić information content (AvgIpc) is 2.95. The first-order chi connectivity index (χ1) is 13.5. The summed E-state index contributed by atoms with van der Waals surface area (Å²) in [4.78, 5) is 14.6. The van der Waals surface area contributed by atoms with Crippen LogP contribution in [0.3, 0.4) is 0 Å². The van der Waals surface area contributed by atoms with Crippen molar-refractivity contribution >= 4 is 62.7 Å². The number of thioether (sulfide) groups is 1. The van der Waals surface area contributed by atoms with Crippen LogP contribution in [-0.4, -0.2) is 22.2 Å². The molecule has 1 heterocycles. The lowest BCUT2D eigenvalue weighted by atomic mass is 10.0. The summed E-state index contributed by atoms with van der Waals surface area (Å²) in [5.74, 6) is 0.626. The minimum absolute atomic E-state index is 0.0911. The second-order valence-electron chi connectivity index (χ2n) is 6.35. The molecule has 3 aromatic rings. The second kappa shape index (κ2) is 7.95. The molecule has 140 valence electrons. The smallest absolute Gasteiger partial charge is 0.265 e. The van der Waals surface area contributed by atoms with Gasteiger partial charge in [0, 0.05) is 17.6 Å². The van der Waals surface area contributed by atoms with E-state index in [0.29, 0.717) is 20.9 Å². The van der Waals surface area contributed by atoms with Crippen molar-refractivity contribution in [3.63, 3.8) is 0 Å². The summed E-state index contributed by atoms with van der Waals surface area (Å²) in [5, 5.41) is 2.80. The van der Waals surface area contributed by atoms with Crippen LogP contribution in [-0.2, 0) is 11.4 Å². The molecular formula is C22H16ClNO2S2. The number of carbonyl (C=O) groups excluding carboxylic acids is 1. The number of hydrogen-bond acceptors (Lipinski definition) is 4. The van der Waals surface area contributed by atoms with E-state index in [9.17, 15) is 4.79 Å². The Balaban J connectivity index is 1.74. The minimum Gasteiger partial charge on any atom is -0.488 e. The molecule has 0 N–H and O–H groups in total. The normalized spacial score (nSPS) is 15.6. The van der Waals surface area contributed by atoms with Crippen LogP contribution in [0.25, 0.3) is 16.8 Å². The monoisotopic (exact) mass is 425 g/mol. The SMILES string of the molecule is CN1C(=O)/C(=C/c2c(OCc3ccc(Cl)cc3)ccc3ccccc23)SC1=S. The molecule has 0 bridgehead atoms. The van der Waals surface area contributed by atoms with Gasteiger partial charge in [-0.3, -0.25) is 9.69 Å². The van der Waals surface area contributed by atoms with Crippen molar-refractivity contribution in [2.45, 2.75) is 6.61 Å². The number of nitrogens with zero attached hydrogens (tertiary/aromatic N) is 1.